The van der Waals surface area contributed by atoms with Gasteiger partial charge < -0.3 is 10.0 Å². The molecule has 0 heterocycles. The predicted molar refractivity (Wildman–Crippen MR) is 90.1 cm³/mol. The largest absolute Gasteiger partial charge is 0.505 e. The van der Waals surface area contributed by atoms with Gasteiger partial charge >= 0.3 is 0 Å². The van der Waals surface area contributed by atoms with Crippen LogP contribution in [0.25, 0.3) is 5.76 Å². The van der Waals surface area contributed by atoms with Gasteiger partial charge in [-0.15, -0.1) is 5.73 Å². The SMILES string of the molecule is C=C=C(CN(CC)CC)/C(=C(\O)c1ccccc1)N(C)C. The Bertz CT molecular complexity index is 521. The second-order valence-electron chi connectivity index (χ2n) is 5.07. The molecular formula is C18H26N2O. The third-order valence-electron chi connectivity index (χ3n) is 3.49. The van der Waals surface area contributed by atoms with E-state index in [2.05, 4.69) is 31.1 Å². The minimum atomic E-state index is 0.263. The monoisotopic (exact) mass is 286 g/mol. The van der Waals surface area contributed by atoms with Gasteiger partial charge in [-0.3, -0.25) is 4.90 Å². The lowest BCUT2D eigenvalue weighted by Gasteiger charge is -2.25. The minimum Gasteiger partial charge on any atom is -0.505 e. The maximum atomic E-state index is 10.6. The fraction of sp³-hybridized carbons (Fsp3) is 0.389. The fourth-order valence-corrected chi connectivity index (χ4v) is 2.24. The highest BCUT2D eigenvalue weighted by Crippen LogP contribution is 2.23. The topological polar surface area (TPSA) is 26.7 Å². The van der Waals surface area contributed by atoms with Gasteiger partial charge in [-0.05, 0) is 13.1 Å². The van der Waals surface area contributed by atoms with E-state index in [-0.39, 0.29) is 5.76 Å². The fourth-order valence-electron chi connectivity index (χ4n) is 2.24. The third kappa shape index (κ3) is 4.52. The Morgan fingerprint density at radius 3 is 2.14 bits per heavy atom. The van der Waals surface area contributed by atoms with Gasteiger partial charge in [0.25, 0.3) is 0 Å². The second-order valence-corrected chi connectivity index (χ2v) is 5.07. The molecule has 0 unspecified atom stereocenters. The van der Waals surface area contributed by atoms with Crippen molar-refractivity contribution in [1.82, 2.24) is 9.80 Å². The molecule has 0 atom stereocenters. The molecule has 0 saturated carbocycles. The number of aliphatic hydroxyl groups is 1. The van der Waals surface area contributed by atoms with Crippen LogP contribution in [-0.2, 0) is 0 Å². The van der Waals surface area contributed by atoms with E-state index in [1.165, 1.54) is 0 Å². The van der Waals surface area contributed by atoms with Crippen molar-refractivity contribution in [3.05, 3.63) is 59.5 Å². The maximum Gasteiger partial charge on any atom is 0.147 e. The molecule has 0 aliphatic carbocycles. The number of aliphatic hydroxyl groups excluding tert-OH is 1. The van der Waals surface area contributed by atoms with Crippen LogP contribution in [0, 0.1) is 0 Å². The van der Waals surface area contributed by atoms with Gasteiger partial charge in [-0.2, -0.15) is 0 Å². The Morgan fingerprint density at radius 2 is 1.71 bits per heavy atom. The summed E-state index contributed by atoms with van der Waals surface area (Å²) in [4.78, 5) is 4.19. The van der Waals surface area contributed by atoms with E-state index in [1.54, 1.807) is 0 Å². The Kier molecular flexibility index (Phi) is 6.80. The average molecular weight is 286 g/mol. The summed E-state index contributed by atoms with van der Waals surface area (Å²) in [7, 11) is 3.85. The molecule has 0 bridgehead atoms. The molecule has 21 heavy (non-hydrogen) atoms. The first-order valence-electron chi connectivity index (χ1n) is 7.32. The molecule has 114 valence electrons. The molecular weight excluding hydrogens is 260 g/mol. The standard InChI is InChI=1S/C18H26N2O/c1-6-15(14-20(7-2)8-3)17(19(4)5)18(21)16-12-10-9-11-13-16/h9-13,21H,1,7-8,14H2,2-5H3/b18-17+. The van der Waals surface area contributed by atoms with Gasteiger partial charge in [0.15, 0.2) is 0 Å². The Hall–Kier alpha value is -1.96. The van der Waals surface area contributed by atoms with Crippen LogP contribution in [0.5, 0.6) is 0 Å². The van der Waals surface area contributed by atoms with E-state index in [9.17, 15) is 5.11 Å². The first-order valence-corrected chi connectivity index (χ1v) is 7.32. The summed E-state index contributed by atoms with van der Waals surface area (Å²) < 4.78 is 0. The van der Waals surface area contributed by atoms with Crippen LogP contribution >= 0.6 is 0 Å². The van der Waals surface area contributed by atoms with Crippen molar-refractivity contribution in [2.24, 2.45) is 0 Å². The molecule has 0 aliphatic rings. The quantitative estimate of drug-likeness (QED) is 0.472. The van der Waals surface area contributed by atoms with Crippen LogP contribution in [0.1, 0.15) is 19.4 Å². The molecule has 0 amide bonds. The lowest BCUT2D eigenvalue weighted by atomic mass is 10.1. The zero-order valence-corrected chi connectivity index (χ0v) is 13.6. The van der Waals surface area contributed by atoms with Gasteiger partial charge in [-0.1, -0.05) is 50.8 Å². The van der Waals surface area contributed by atoms with Crippen molar-refractivity contribution in [2.45, 2.75) is 13.8 Å². The molecule has 0 spiro atoms. The van der Waals surface area contributed by atoms with Crippen LogP contribution in [0.2, 0.25) is 0 Å². The van der Waals surface area contributed by atoms with E-state index in [0.717, 1.165) is 36.5 Å². The van der Waals surface area contributed by atoms with Gasteiger partial charge in [-0.25, -0.2) is 0 Å². The molecule has 1 rings (SSSR count). The number of hydrogen-bond donors (Lipinski definition) is 1. The van der Waals surface area contributed by atoms with E-state index in [1.807, 2.05) is 49.3 Å². The number of rotatable bonds is 7. The van der Waals surface area contributed by atoms with Crippen molar-refractivity contribution in [3.8, 4) is 0 Å². The molecule has 0 radical (unpaired) electrons. The first kappa shape index (κ1) is 17.1. The summed E-state index contributed by atoms with van der Waals surface area (Å²) in [5.41, 5.74) is 5.47. The molecule has 1 aromatic rings. The summed E-state index contributed by atoms with van der Waals surface area (Å²) in [6.07, 6.45) is 0. The van der Waals surface area contributed by atoms with Crippen LogP contribution in [0.3, 0.4) is 0 Å². The predicted octanol–water partition coefficient (Wildman–Crippen LogP) is 3.53. The molecule has 0 aliphatic heterocycles. The van der Waals surface area contributed by atoms with Crippen molar-refractivity contribution in [1.29, 1.82) is 0 Å². The van der Waals surface area contributed by atoms with Crippen molar-refractivity contribution < 1.29 is 5.11 Å². The Morgan fingerprint density at radius 1 is 1.14 bits per heavy atom. The Balaban J connectivity index is 3.25. The number of nitrogens with zero attached hydrogens (tertiary/aromatic N) is 2. The molecule has 1 aromatic carbocycles. The maximum absolute atomic E-state index is 10.6. The second kappa shape index (κ2) is 8.35. The highest BCUT2D eigenvalue weighted by atomic mass is 16.3. The highest BCUT2D eigenvalue weighted by molar-refractivity contribution is 5.65. The average Bonchev–Trinajstić information content (AvgIpc) is 2.51. The molecule has 1 N–H and O–H groups in total. The number of likely N-dealkylation sites (N-methyl/N-ethyl adjacent to an activating group) is 2. The van der Waals surface area contributed by atoms with Crippen LogP contribution in [0.4, 0.5) is 0 Å². The number of hydrogen-bond acceptors (Lipinski definition) is 3. The lowest BCUT2D eigenvalue weighted by Crippen LogP contribution is -2.28. The summed E-state index contributed by atoms with van der Waals surface area (Å²) >= 11 is 0. The summed E-state index contributed by atoms with van der Waals surface area (Å²) in [5, 5.41) is 10.6. The molecule has 3 heteroatoms. The Labute approximate surface area is 128 Å². The summed E-state index contributed by atoms with van der Waals surface area (Å²) in [6, 6.07) is 9.57. The van der Waals surface area contributed by atoms with Gasteiger partial charge in [0, 0.05) is 31.8 Å². The zero-order chi connectivity index (χ0) is 15.8. The van der Waals surface area contributed by atoms with Crippen molar-refractivity contribution in [3.63, 3.8) is 0 Å². The highest BCUT2D eigenvalue weighted by Gasteiger charge is 2.16. The lowest BCUT2D eigenvalue weighted by molar-refractivity contribution is 0.325. The van der Waals surface area contributed by atoms with E-state index >= 15 is 0 Å². The normalized spacial score (nSPS) is 11.9. The molecule has 0 saturated heterocycles. The van der Waals surface area contributed by atoms with E-state index in [4.69, 9.17) is 0 Å². The van der Waals surface area contributed by atoms with Gasteiger partial charge in [0.2, 0.25) is 0 Å². The van der Waals surface area contributed by atoms with Crippen LogP contribution < -0.4 is 0 Å². The molecule has 0 aromatic heterocycles. The summed E-state index contributed by atoms with van der Waals surface area (Å²) in [6.45, 7) is 10.7. The first-order chi connectivity index (χ1) is 10.0. The van der Waals surface area contributed by atoms with Crippen LogP contribution in [0.15, 0.2) is 53.9 Å². The molecule has 0 fully saturated rings. The molecule has 3 nitrogen and oxygen atoms in total. The van der Waals surface area contributed by atoms with Gasteiger partial charge in [0.05, 0.1) is 5.70 Å². The summed E-state index contributed by atoms with van der Waals surface area (Å²) in [5.74, 6) is 0.263. The zero-order valence-electron chi connectivity index (χ0n) is 13.6. The van der Waals surface area contributed by atoms with Gasteiger partial charge in [0.1, 0.15) is 5.76 Å². The van der Waals surface area contributed by atoms with Crippen LogP contribution in [-0.4, -0.2) is 48.6 Å². The third-order valence-corrected chi connectivity index (χ3v) is 3.49. The smallest absolute Gasteiger partial charge is 0.147 e. The van der Waals surface area contributed by atoms with E-state index in [0.29, 0.717) is 0 Å². The van der Waals surface area contributed by atoms with E-state index < -0.39 is 0 Å². The van der Waals surface area contributed by atoms with Crippen molar-refractivity contribution in [2.75, 3.05) is 33.7 Å². The number of benzene rings is 1. The van der Waals surface area contributed by atoms with Crippen molar-refractivity contribution >= 4 is 5.76 Å². The minimum absolute atomic E-state index is 0.263.